The van der Waals surface area contributed by atoms with Crippen LogP contribution in [0.1, 0.15) is 47.2 Å². The molecule has 0 radical (unpaired) electrons. The molecule has 1 aliphatic carbocycles. The van der Waals surface area contributed by atoms with Crippen LogP contribution in [0.3, 0.4) is 0 Å². The van der Waals surface area contributed by atoms with Crippen molar-refractivity contribution in [2.24, 2.45) is 5.10 Å². The number of pyridine rings is 1. The van der Waals surface area contributed by atoms with Gasteiger partial charge in [-0.2, -0.15) is 10.2 Å². The van der Waals surface area contributed by atoms with E-state index in [0.29, 0.717) is 29.3 Å². The van der Waals surface area contributed by atoms with Crippen LogP contribution in [-0.4, -0.2) is 51.1 Å². The topological polar surface area (TPSA) is 106 Å². The number of hydrazone groups is 1. The molecule has 3 aromatic rings. The molecule has 1 unspecified atom stereocenters. The van der Waals surface area contributed by atoms with Crippen molar-refractivity contribution < 1.29 is 9.53 Å². The number of nitrogens with one attached hydrogen (secondary N) is 2. The third kappa shape index (κ3) is 4.08. The highest BCUT2D eigenvalue weighted by molar-refractivity contribution is 7.10. The van der Waals surface area contributed by atoms with Crippen LogP contribution in [0.25, 0.3) is 11.4 Å². The van der Waals surface area contributed by atoms with Gasteiger partial charge in [-0.05, 0) is 31.9 Å². The lowest BCUT2D eigenvalue weighted by Crippen LogP contribution is -2.33. The summed E-state index contributed by atoms with van der Waals surface area (Å²) in [5, 5.41) is 14.4. The number of hydrogen-bond donors (Lipinski definition) is 2. The first-order chi connectivity index (χ1) is 15.2. The highest BCUT2D eigenvalue weighted by Crippen LogP contribution is 2.37. The van der Waals surface area contributed by atoms with E-state index in [-0.39, 0.29) is 24.0 Å². The van der Waals surface area contributed by atoms with Gasteiger partial charge in [-0.1, -0.05) is 6.07 Å². The molecule has 0 bridgehead atoms. The fraction of sp³-hybridized carbons (Fsp3) is 0.381. The van der Waals surface area contributed by atoms with Crippen LogP contribution < -0.4 is 10.7 Å². The summed E-state index contributed by atoms with van der Waals surface area (Å²) < 4.78 is 7.59. The SMILES string of the molecule is CCOC1CC(n2cc(NC(=O)c3csc(C4C=NNC4)n3)c(-c3ccccn3)n2)C1. The third-order valence-electron chi connectivity index (χ3n) is 5.46. The Morgan fingerprint density at radius 2 is 2.29 bits per heavy atom. The van der Waals surface area contributed by atoms with Crippen molar-refractivity contribution in [3.8, 4) is 11.4 Å². The quantitative estimate of drug-likeness (QED) is 0.588. The first-order valence-electron chi connectivity index (χ1n) is 10.4. The first-order valence-corrected chi connectivity index (χ1v) is 11.2. The predicted octanol–water partition coefficient (Wildman–Crippen LogP) is 3.07. The van der Waals surface area contributed by atoms with Gasteiger partial charge in [0.25, 0.3) is 5.91 Å². The monoisotopic (exact) mass is 437 g/mol. The van der Waals surface area contributed by atoms with Gasteiger partial charge in [-0.15, -0.1) is 11.3 Å². The van der Waals surface area contributed by atoms with E-state index in [1.165, 1.54) is 11.3 Å². The number of carbonyl (C=O) groups excluding carboxylic acids is 1. The number of carbonyl (C=O) groups is 1. The van der Waals surface area contributed by atoms with Gasteiger partial charge in [-0.3, -0.25) is 14.5 Å². The summed E-state index contributed by atoms with van der Waals surface area (Å²) in [6.07, 6.45) is 7.53. The van der Waals surface area contributed by atoms with E-state index in [1.807, 2.05) is 42.2 Å². The smallest absolute Gasteiger partial charge is 0.275 e. The number of nitrogens with zero attached hydrogens (tertiary/aromatic N) is 5. The molecular weight excluding hydrogens is 414 g/mol. The van der Waals surface area contributed by atoms with E-state index in [1.54, 1.807) is 11.6 Å². The van der Waals surface area contributed by atoms with Crippen molar-refractivity contribution in [1.29, 1.82) is 0 Å². The number of aromatic nitrogens is 4. The Labute approximate surface area is 183 Å². The number of rotatable bonds is 7. The van der Waals surface area contributed by atoms with E-state index in [2.05, 4.69) is 25.8 Å². The van der Waals surface area contributed by atoms with Gasteiger partial charge in [0.1, 0.15) is 16.4 Å². The molecule has 0 aromatic carbocycles. The molecule has 3 aromatic heterocycles. The molecule has 160 valence electrons. The minimum atomic E-state index is -0.261. The van der Waals surface area contributed by atoms with Crippen LogP contribution in [-0.2, 0) is 4.74 Å². The number of thiazole rings is 1. The van der Waals surface area contributed by atoms with Crippen molar-refractivity contribution in [1.82, 2.24) is 25.2 Å². The Hall–Kier alpha value is -3.11. The lowest BCUT2D eigenvalue weighted by atomic mass is 9.89. The normalized spacial score (nSPS) is 22.2. The van der Waals surface area contributed by atoms with E-state index >= 15 is 0 Å². The van der Waals surface area contributed by atoms with Gasteiger partial charge >= 0.3 is 0 Å². The second kappa shape index (κ2) is 8.56. The fourth-order valence-corrected chi connectivity index (χ4v) is 4.60. The Morgan fingerprint density at radius 1 is 1.39 bits per heavy atom. The van der Waals surface area contributed by atoms with E-state index < -0.39 is 0 Å². The molecule has 1 atom stereocenters. The van der Waals surface area contributed by atoms with Crippen molar-refractivity contribution >= 4 is 29.1 Å². The molecule has 5 rings (SSSR count). The number of hydrogen-bond acceptors (Lipinski definition) is 8. The maximum Gasteiger partial charge on any atom is 0.275 e. The van der Waals surface area contributed by atoms with Crippen LogP contribution in [0.5, 0.6) is 0 Å². The maximum absolute atomic E-state index is 12.9. The zero-order valence-corrected chi connectivity index (χ0v) is 17.9. The van der Waals surface area contributed by atoms with Crippen LogP contribution in [0.2, 0.25) is 0 Å². The van der Waals surface area contributed by atoms with E-state index in [9.17, 15) is 4.79 Å². The van der Waals surface area contributed by atoms with Crippen molar-refractivity contribution in [2.45, 2.75) is 37.8 Å². The predicted molar refractivity (Wildman–Crippen MR) is 118 cm³/mol. The van der Waals surface area contributed by atoms with Crippen LogP contribution in [0.4, 0.5) is 5.69 Å². The molecule has 0 saturated heterocycles. The number of amides is 1. The molecule has 10 heteroatoms. The van der Waals surface area contributed by atoms with Gasteiger partial charge < -0.3 is 15.5 Å². The summed E-state index contributed by atoms with van der Waals surface area (Å²) in [5.74, 6) is -0.154. The summed E-state index contributed by atoms with van der Waals surface area (Å²) in [5.41, 5.74) is 5.30. The van der Waals surface area contributed by atoms with Gasteiger partial charge in [0, 0.05) is 37.1 Å². The molecule has 1 fully saturated rings. The largest absolute Gasteiger partial charge is 0.378 e. The van der Waals surface area contributed by atoms with Gasteiger partial charge in [-0.25, -0.2) is 4.98 Å². The van der Waals surface area contributed by atoms with Crippen LogP contribution >= 0.6 is 11.3 Å². The van der Waals surface area contributed by atoms with E-state index in [4.69, 9.17) is 9.84 Å². The van der Waals surface area contributed by atoms with Crippen LogP contribution in [0.15, 0.2) is 41.1 Å². The number of anilines is 1. The van der Waals surface area contributed by atoms with Gasteiger partial charge in [0.2, 0.25) is 0 Å². The lowest BCUT2D eigenvalue weighted by molar-refractivity contribution is -0.0226. The maximum atomic E-state index is 12.9. The molecular formula is C21H23N7O2S. The summed E-state index contributed by atoms with van der Waals surface area (Å²) in [6.45, 7) is 3.43. The average molecular weight is 438 g/mol. The molecule has 1 saturated carbocycles. The van der Waals surface area contributed by atoms with Gasteiger partial charge in [0.15, 0.2) is 0 Å². The summed E-state index contributed by atoms with van der Waals surface area (Å²) in [7, 11) is 0. The number of ether oxygens (including phenoxy) is 1. The van der Waals surface area contributed by atoms with Gasteiger partial charge in [0.05, 0.1) is 29.4 Å². The van der Waals surface area contributed by atoms with Crippen molar-refractivity contribution in [2.75, 3.05) is 18.5 Å². The second-order valence-electron chi connectivity index (χ2n) is 7.56. The molecule has 4 heterocycles. The van der Waals surface area contributed by atoms with Crippen molar-refractivity contribution in [3.63, 3.8) is 0 Å². The molecule has 2 aliphatic rings. The standard InChI is InChI=1S/C21H23N7O2S/c1-2-30-15-7-14(8-15)28-11-17(19(27-28)16-5-3-4-6-22-16)25-20(29)18-12-31-21(26-18)13-9-23-24-10-13/h3-6,9,11-15,24H,2,7-8,10H2,1H3,(H,25,29). The Balaban J connectivity index is 1.37. The zero-order chi connectivity index (χ0) is 21.2. The Kier molecular flexibility index (Phi) is 5.47. The first kappa shape index (κ1) is 19.8. The molecule has 2 N–H and O–H groups in total. The minimum Gasteiger partial charge on any atom is -0.378 e. The average Bonchev–Trinajstić information content (AvgIpc) is 3.51. The summed E-state index contributed by atoms with van der Waals surface area (Å²) in [4.78, 5) is 21.9. The molecule has 0 spiro atoms. The fourth-order valence-electron chi connectivity index (χ4n) is 3.73. The highest BCUT2D eigenvalue weighted by Gasteiger charge is 2.32. The van der Waals surface area contributed by atoms with Crippen LogP contribution in [0, 0.1) is 0 Å². The van der Waals surface area contributed by atoms with E-state index in [0.717, 1.165) is 24.5 Å². The zero-order valence-electron chi connectivity index (χ0n) is 17.1. The van der Waals surface area contributed by atoms with Crippen molar-refractivity contribution in [3.05, 3.63) is 46.7 Å². The summed E-state index contributed by atoms with van der Waals surface area (Å²) >= 11 is 1.46. The molecule has 31 heavy (non-hydrogen) atoms. The highest BCUT2D eigenvalue weighted by atomic mass is 32.1. The molecule has 1 aliphatic heterocycles. The minimum absolute atomic E-state index is 0.107. The Bertz CT molecular complexity index is 1090. The third-order valence-corrected chi connectivity index (χ3v) is 6.44. The molecule has 9 nitrogen and oxygen atoms in total. The summed E-state index contributed by atoms with van der Waals surface area (Å²) in [6, 6.07) is 5.91. The molecule has 1 amide bonds. The Morgan fingerprint density at radius 3 is 3.03 bits per heavy atom. The lowest BCUT2D eigenvalue weighted by Gasteiger charge is -2.34. The second-order valence-corrected chi connectivity index (χ2v) is 8.45.